The van der Waals surface area contributed by atoms with Crippen LogP contribution in [0.15, 0.2) is 18.2 Å². The van der Waals surface area contributed by atoms with Gasteiger partial charge < -0.3 is 5.11 Å². The van der Waals surface area contributed by atoms with Crippen molar-refractivity contribution in [3.63, 3.8) is 0 Å². The summed E-state index contributed by atoms with van der Waals surface area (Å²) in [4.78, 5) is 8.19. The molecule has 23 heavy (non-hydrogen) atoms. The molecule has 0 bridgehead atoms. The number of aliphatic hydroxyl groups is 1. The molecule has 3 rings (SSSR count). The number of aryl methyl sites for hydroxylation is 3. The van der Waals surface area contributed by atoms with Gasteiger partial charge in [0.1, 0.15) is 5.82 Å². The van der Waals surface area contributed by atoms with E-state index >= 15 is 0 Å². The third-order valence-electron chi connectivity index (χ3n) is 4.61. The van der Waals surface area contributed by atoms with E-state index in [0.717, 1.165) is 35.4 Å². The third kappa shape index (κ3) is 3.47. The molecular weight excluding hydrogens is 311 g/mol. The van der Waals surface area contributed by atoms with Crippen molar-refractivity contribution in [1.82, 2.24) is 9.88 Å². The lowest BCUT2D eigenvalue weighted by Gasteiger charge is -2.32. The molecule has 124 valence electrons. The topological polar surface area (TPSA) is 36.4 Å². The maximum absolute atomic E-state index is 13.2. The maximum atomic E-state index is 13.2. The van der Waals surface area contributed by atoms with Crippen molar-refractivity contribution in [2.45, 2.75) is 45.3 Å². The summed E-state index contributed by atoms with van der Waals surface area (Å²) in [5.41, 5.74) is 2.82. The van der Waals surface area contributed by atoms with Crippen LogP contribution in [0.5, 0.6) is 0 Å². The number of likely N-dealkylation sites (N-methyl/N-ethyl adjacent to an activating group) is 1. The van der Waals surface area contributed by atoms with Crippen molar-refractivity contribution >= 4 is 11.3 Å². The first kappa shape index (κ1) is 16.6. The van der Waals surface area contributed by atoms with E-state index in [4.69, 9.17) is 0 Å². The van der Waals surface area contributed by atoms with E-state index in [-0.39, 0.29) is 5.82 Å². The molecule has 5 heteroatoms. The molecule has 1 aliphatic rings. The number of aliphatic hydroxyl groups excluding tert-OH is 1. The summed E-state index contributed by atoms with van der Waals surface area (Å²) in [6.07, 6.45) is 2.68. The zero-order chi connectivity index (χ0) is 16.6. The Morgan fingerprint density at radius 1 is 1.43 bits per heavy atom. The Hall–Kier alpha value is -1.30. The number of halogens is 1. The second-order valence-electron chi connectivity index (χ2n) is 6.41. The quantitative estimate of drug-likeness (QED) is 0.920. The smallest absolute Gasteiger partial charge is 0.123 e. The van der Waals surface area contributed by atoms with Crippen LogP contribution in [0.3, 0.4) is 0 Å². The number of hydrogen-bond acceptors (Lipinski definition) is 4. The van der Waals surface area contributed by atoms with Crippen LogP contribution < -0.4 is 0 Å². The van der Waals surface area contributed by atoms with Gasteiger partial charge in [-0.1, -0.05) is 6.07 Å². The monoisotopic (exact) mass is 334 g/mol. The van der Waals surface area contributed by atoms with Crippen molar-refractivity contribution in [3.8, 4) is 0 Å². The van der Waals surface area contributed by atoms with Crippen LogP contribution in [0.4, 0.5) is 4.39 Å². The zero-order valence-corrected chi connectivity index (χ0v) is 14.7. The van der Waals surface area contributed by atoms with Crippen LogP contribution in [0, 0.1) is 19.7 Å². The van der Waals surface area contributed by atoms with Crippen LogP contribution in [-0.2, 0) is 6.42 Å². The van der Waals surface area contributed by atoms with E-state index in [1.54, 1.807) is 17.4 Å². The first-order valence-electron chi connectivity index (χ1n) is 8.06. The minimum absolute atomic E-state index is 0.260. The minimum Gasteiger partial charge on any atom is -0.387 e. The molecule has 0 radical (unpaired) electrons. The predicted molar refractivity (Wildman–Crippen MR) is 91.3 cm³/mol. The molecule has 1 N–H and O–H groups in total. The van der Waals surface area contributed by atoms with E-state index in [1.807, 2.05) is 6.92 Å². The van der Waals surface area contributed by atoms with Gasteiger partial charge in [-0.25, -0.2) is 9.37 Å². The van der Waals surface area contributed by atoms with Gasteiger partial charge in [0.2, 0.25) is 0 Å². The normalized spacial score (nSPS) is 19.0. The van der Waals surface area contributed by atoms with Gasteiger partial charge in [0.15, 0.2) is 0 Å². The van der Waals surface area contributed by atoms with Crippen molar-refractivity contribution in [2.75, 3.05) is 13.6 Å². The summed E-state index contributed by atoms with van der Waals surface area (Å²) in [6, 6.07) is 4.90. The molecule has 3 nitrogen and oxygen atoms in total. The maximum Gasteiger partial charge on any atom is 0.123 e. The van der Waals surface area contributed by atoms with Gasteiger partial charge in [0.05, 0.1) is 16.8 Å². The van der Waals surface area contributed by atoms with Gasteiger partial charge in [-0.05, 0) is 63.4 Å². The van der Waals surface area contributed by atoms with E-state index in [2.05, 4.69) is 23.9 Å². The van der Waals surface area contributed by atoms with E-state index in [1.165, 1.54) is 22.7 Å². The number of rotatable bonds is 4. The Labute approximate surface area is 140 Å². The van der Waals surface area contributed by atoms with Gasteiger partial charge >= 0.3 is 0 Å². The van der Waals surface area contributed by atoms with Gasteiger partial charge in [0.25, 0.3) is 0 Å². The second kappa shape index (κ2) is 6.67. The zero-order valence-electron chi connectivity index (χ0n) is 13.8. The summed E-state index contributed by atoms with van der Waals surface area (Å²) >= 11 is 1.77. The van der Waals surface area contributed by atoms with E-state index < -0.39 is 6.10 Å². The highest BCUT2D eigenvalue weighted by Gasteiger charge is 2.28. The van der Waals surface area contributed by atoms with Crippen molar-refractivity contribution in [3.05, 3.63) is 50.7 Å². The van der Waals surface area contributed by atoms with Gasteiger partial charge in [0, 0.05) is 17.5 Å². The molecule has 0 saturated carbocycles. The third-order valence-corrected chi connectivity index (χ3v) is 5.73. The van der Waals surface area contributed by atoms with Crippen LogP contribution >= 0.6 is 11.3 Å². The Balaban J connectivity index is 1.75. The van der Waals surface area contributed by atoms with Crippen molar-refractivity contribution in [2.24, 2.45) is 0 Å². The molecule has 0 amide bonds. The van der Waals surface area contributed by atoms with Crippen LogP contribution in [-0.4, -0.2) is 28.6 Å². The van der Waals surface area contributed by atoms with E-state index in [0.29, 0.717) is 12.6 Å². The molecule has 0 spiro atoms. The molecule has 2 aromatic rings. The number of fused-ring (bicyclic) bond motifs is 1. The molecule has 1 aromatic carbocycles. The average molecular weight is 334 g/mol. The van der Waals surface area contributed by atoms with Crippen LogP contribution in [0.2, 0.25) is 0 Å². The minimum atomic E-state index is -0.611. The number of hydrogen-bond donors (Lipinski definition) is 1. The summed E-state index contributed by atoms with van der Waals surface area (Å²) in [5, 5.41) is 11.7. The molecule has 0 aliphatic heterocycles. The Morgan fingerprint density at radius 3 is 2.96 bits per heavy atom. The summed E-state index contributed by atoms with van der Waals surface area (Å²) in [5.74, 6) is -0.260. The highest BCUT2D eigenvalue weighted by atomic mass is 32.1. The molecule has 0 saturated heterocycles. The fourth-order valence-corrected chi connectivity index (χ4v) is 4.62. The lowest BCUT2D eigenvalue weighted by atomic mass is 9.96. The highest BCUT2D eigenvalue weighted by molar-refractivity contribution is 7.11. The lowest BCUT2D eigenvalue weighted by molar-refractivity contribution is 0.0989. The molecule has 1 aliphatic carbocycles. The first-order valence-corrected chi connectivity index (χ1v) is 8.88. The fourth-order valence-electron chi connectivity index (χ4n) is 3.45. The number of thiazole rings is 1. The largest absolute Gasteiger partial charge is 0.387 e. The van der Waals surface area contributed by atoms with Crippen LogP contribution in [0.25, 0.3) is 0 Å². The summed E-state index contributed by atoms with van der Waals surface area (Å²) < 4.78 is 13.2. The molecule has 1 heterocycles. The summed E-state index contributed by atoms with van der Waals surface area (Å²) in [6.45, 7) is 4.43. The molecule has 2 unspecified atom stereocenters. The van der Waals surface area contributed by atoms with Crippen LogP contribution in [0.1, 0.15) is 51.7 Å². The Kier molecular flexibility index (Phi) is 4.80. The number of nitrogens with zero attached hydrogens (tertiary/aromatic N) is 2. The standard InChI is InChI=1S/C18H23FN2OS/c1-11-9-13(19)7-8-14(11)17(22)10-21(3)16-6-4-5-15-18(16)23-12(2)20-15/h7-9,16-17,22H,4-6,10H2,1-3H3. The molecule has 1 aromatic heterocycles. The van der Waals surface area contributed by atoms with Gasteiger partial charge in [-0.3, -0.25) is 4.90 Å². The highest BCUT2D eigenvalue weighted by Crippen LogP contribution is 2.38. The first-order chi connectivity index (χ1) is 11.0. The van der Waals surface area contributed by atoms with Gasteiger partial charge in [-0.2, -0.15) is 0 Å². The number of benzene rings is 1. The van der Waals surface area contributed by atoms with Crippen molar-refractivity contribution in [1.29, 1.82) is 0 Å². The fraction of sp³-hybridized carbons (Fsp3) is 0.500. The van der Waals surface area contributed by atoms with Gasteiger partial charge in [-0.15, -0.1) is 11.3 Å². The second-order valence-corrected chi connectivity index (χ2v) is 7.64. The molecule has 2 atom stereocenters. The average Bonchev–Trinajstić information content (AvgIpc) is 2.86. The Bertz CT molecular complexity index is 700. The molecular formula is C18H23FN2OS. The summed E-state index contributed by atoms with van der Waals surface area (Å²) in [7, 11) is 2.05. The predicted octanol–water partition coefficient (Wildman–Crippen LogP) is 3.94. The number of aromatic nitrogens is 1. The van der Waals surface area contributed by atoms with E-state index in [9.17, 15) is 9.50 Å². The Morgan fingerprint density at radius 2 is 2.22 bits per heavy atom. The molecule has 0 fully saturated rings. The SMILES string of the molecule is Cc1nc2c(s1)C(N(C)CC(O)c1ccc(F)cc1C)CCC2. The van der Waals surface area contributed by atoms with Crippen molar-refractivity contribution < 1.29 is 9.50 Å². The lowest BCUT2D eigenvalue weighted by Crippen LogP contribution is -2.31.